The van der Waals surface area contributed by atoms with Crippen LogP contribution in [0.15, 0.2) is 14.4 Å². The lowest BCUT2D eigenvalue weighted by molar-refractivity contribution is -0.203. The van der Waals surface area contributed by atoms with Crippen molar-refractivity contribution in [2.24, 2.45) is 14.1 Å². The van der Waals surface area contributed by atoms with E-state index in [1.54, 1.807) is 13.8 Å². The fourth-order valence-corrected chi connectivity index (χ4v) is 3.21. The average Bonchev–Trinajstić information content (AvgIpc) is 3.03. The largest absolute Gasteiger partial charge is 0.463 e. The summed E-state index contributed by atoms with van der Waals surface area (Å²) in [4.78, 5) is 48.1. The Bertz CT molecular complexity index is 871. The molecule has 3 rings (SSSR count). The van der Waals surface area contributed by atoms with E-state index in [-0.39, 0.29) is 6.61 Å². The molecule has 4 atom stereocenters. The van der Waals surface area contributed by atoms with Gasteiger partial charge in [-0.05, 0) is 13.8 Å². The summed E-state index contributed by atoms with van der Waals surface area (Å²) in [5, 5.41) is 0. The molecule has 2 saturated heterocycles. The number of rotatable bonds is 3. The van der Waals surface area contributed by atoms with Gasteiger partial charge >= 0.3 is 23.0 Å². The van der Waals surface area contributed by atoms with E-state index in [4.69, 9.17) is 18.9 Å². The Kier molecular flexibility index (Phi) is 4.41. The van der Waals surface area contributed by atoms with Crippen LogP contribution in [0, 0.1) is 0 Å². The summed E-state index contributed by atoms with van der Waals surface area (Å²) >= 11 is 0. The first-order chi connectivity index (χ1) is 12.0. The number of carbonyl (C=O) groups is 1. The molecule has 26 heavy (non-hydrogen) atoms. The number of carbonyl (C=O) groups excluding carboxylic acids is 1. The molecule has 2 aliphatic rings. The van der Waals surface area contributed by atoms with Gasteiger partial charge < -0.3 is 18.9 Å². The van der Waals surface area contributed by atoms with Crippen molar-refractivity contribution < 1.29 is 23.7 Å². The lowest BCUT2D eigenvalue weighted by Gasteiger charge is -2.24. The molecule has 0 saturated carbocycles. The highest BCUT2D eigenvalue weighted by Gasteiger charge is 2.57. The Hall–Kier alpha value is -2.24. The molecule has 1 aromatic rings. The molecule has 0 bridgehead atoms. The van der Waals surface area contributed by atoms with Gasteiger partial charge in [-0.15, -0.1) is 0 Å². The topological polar surface area (TPSA) is 120 Å². The van der Waals surface area contributed by atoms with Crippen LogP contribution in [0.2, 0.25) is 0 Å². The summed E-state index contributed by atoms with van der Waals surface area (Å²) in [6.07, 6.45) is -3.29. The molecule has 2 aliphatic heterocycles. The zero-order chi connectivity index (χ0) is 19.4. The van der Waals surface area contributed by atoms with Gasteiger partial charge in [0.1, 0.15) is 24.9 Å². The van der Waals surface area contributed by atoms with Gasteiger partial charge in [-0.2, -0.15) is 0 Å². The summed E-state index contributed by atoms with van der Waals surface area (Å²) < 4.78 is 24.8. The minimum atomic E-state index is -1.12. The fourth-order valence-electron chi connectivity index (χ4n) is 3.21. The third kappa shape index (κ3) is 2.91. The van der Waals surface area contributed by atoms with Crippen LogP contribution >= 0.6 is 0 Å². The zero-order valence-corrected chi connectivity index (χ0v) is 15.1. The van der Waals surface area contributed by atoms with Gasteiger partial charge in [0, 0.05) is 21.0 Å². The van der Waals surface area contributed by atoms with Crippen LogP contribution < -0.4 is 17.1 Å². The normalized spacial score (nSPS) is 29.6. The van der Waals surface area contributed by atoms with Crippen molar-refractivity contribution in [2.45, 2.75) is 51.1 Å². The predicted octanol–water partition coefficient (Wildman–Crippen LogP) is -1.77. The van der Waals surface area contributed by atoms with Crippen LogP contribution in [0.3, 0.4) is 0 Å². The highest BCUT2D eigenvalue weighted by molar-refractivity contribution is 5.65. The van der Waals surface area contributed by atoms with Gasteiger partial charge in [0.15, 0.2) is 12.0 Å². The quantitative estimate of drug-likeness (QED) is 0.572. The van der Waals surface area contributed by atoms with Crippen LogP contribution in [-0.4, -0.2) is 50.4 Å². The molecule has 11 nitrogen and oxygen atoms in total. The number of hydrogen-bond acceptors (Lipinski definition) is 8. The van der Waals surface area contributed by atoms with E-state index >= 15 is 0 Å². The second-order valence-electron chi connectivity index (χ2n) is 6.77. The summed E-state index contributed by atoms with van der Waals surface area (Å²) in [5.41, 5.74) is -2.40. The van der Waals surface area contributed by atoms with E-state index in [2.05, 4.69) is 0 Å². The third-order valence-electron chi connectivity index (χ3n) is 4.39. The second kappa shape index (κ2) is 6.18. The van der Waals surface area contributed by atoms with Crippen LogP contribution in [0.5, 0.6) is 0 Å². The molecule has 11 heteroatoms. The van der Waals surface area contributed by atoms with E-state index in [1.807, 2.05) is 0 Å². The molecule has 1 aromatic heterocycles. The Morgan fingerprint density at radius 2 is 1.58 bits per heavy atom. The van der Waals surface area contributed by atoms with Gasteiger partial charge in [0.25, 0.3) is 0 Å². The second-order valence-corrected chi connectivity index (χ2v) is 6.77. The van der Waals surface area contributed by atoms with Gasteiger partial charge in [0.2, 0.25) is 0 Å². The predicted molar refractivity (Wildman–Crippen MR) is 85.6 cm³/mol. The number of ether oxygens (including phenoxy) is 4. The van der Waals surface area contributed by atoms with E-state index < -0.39 is 53.4 Å². The maximum absolute atomic E-state index is 12.5. The fraction of sp³-hybridized carbons (Fsp3) is 0.733. The molecule has 0 aromatic carbocycles. The molecule has 2 fully saturated rings. The lowest BCUT2D eigenvalue weighted by Crippen LogP contribution is -2.55. The van der Waals surface area contributed by atoms with Gasteiger partial charge in [0.05, 0.1) is 0 Å². The van der Waals surface area contributed by atoms with Crippen molar-refractivity contribution in [3.63, 3.8) is 0 Å². The highest BCUT2D eigenvalue weighted by Crippen LogP contribution is 2.42. The van der Waals surface area contributed by atoms with Crippen LogP contribution in [0.4, 0.5) is 0 Å². The van der Waals surface area contributed by atoms with Gasteiger partial charge in [-0.1, -0.05) is 0 Å². The average molecular weight is 371 g/mol. The van der Waals surface area contributed by atoms with Crippen molar-refractivity contribution in [3.8, 4) is 0 Å². The first-order valence-corrected chi connectivity index (χ1v) is 8.06. The van der Waals surface area contributed by atoms with Gasteiger partial charge in [-0.3, -0.25) is 4.79 Å². The van der Waals surface area contributed by atoms with Crippen molar-refractivity contribution in [1.29, 1.82) is 0 Å². The number of hydrogen-bond donors (Lipinski definition) is 0. The van der Waals surface area contributed by atoms with Crippen molar-refractivity contribution >= 4 is 5.97 Å². The SMILES string of the molecule is CC(=O)OC[C@H]1O[C@@H](n2c(=O)n(C)c(=O)n(C)c2=O)[C@@H]2OC(C)(C)O[C@@H]21. The number of esters is 1. The van der Waals surface area contributed by atoms with Crippen LogP contribution in [0.1, 0.15) is 27.0 Å². The molecule has 0 unspecified atom stereocenters. The molecule has 0 N–H and O–H groups in total. The van der Waals surface area contributed by atoms with E-state index in [0.717, 1.165) is 13.7 Å². The molecule has 3 heterocycles. The Balaban J connectivity index is 2.06. The minimum Gasteiger partial charge on any atom is -0.463 e. The Morgan fingerprint density at radius 1 is 1.04 bits per heavy atom. The zero-order valence-electron chi connectivity index (χ0n) is 15.1. The highest BCUT2D eigenvalue weighted by atomic mass is 16.8. The molecule has 0 spiro atoms. The van der Waals surface area contributed by atoms with Crippen molar-refractivity contribution in [3.05, 3.63) is 31.5 Å². The van der Waals surface area contributed by atoms with Crippen molar-refractivity contribution in [2.75, 3.05) is 6.61 Å². The molecule has 0 radical (unpaired) electrons. The monoisotopic (exact) mass is 371 g/mol. The molecule has 0 aliphatic carbocycles. The minimum absolute atomic E-state index is 0.118. The van der Waals surface area contributed by atoms with Crippen LogP contribution in [0.25, 0.3) is 0 Å². The molecular weight excluding hydrogens is 350 g/mol. The molecule has 0 amide bonds. The number of aromatic nitrogens is 3. The summed E-state index contributed by atoms with van der Waals surface area (Å²) in [7, 11) is 2.53. The maximum atomic E-state index is 12.5. The summed E-state index contributed by atoms with van der Waals surface area (Å²) in [6.45, 7) is 4.51. The molecular formula is C15H21N3O8. The Morgan fingerprint density at radius 3 is 2.12 bits per heavy atom. The van der Waals surface area contributed by atoms with Gasteiger partial charge in [-0.25, -0.2) is 28.1 Å². The summed E-state index contributed by atoms with van der Waals surface area (Å²) in [6, 6.07) is 0. The van der Waals surface area contributed by atoms with E-state index in [9.17, 15) is 19.2 Å². The van der Waals surface area contributed by atoms with Crippen LogP contribution in [-0.2, 0) is 37.8 Å². The maximum Gasteiger partial charge on any atom is 0.338 e. The first kappa shape index (κ1) is 18.5. The number of nitrogens with zero attached hydrogens (tertiary/aromatic N) is 3. The third-order valence-corrected chi connectivity index (χ3v) is 4.39. The smallest absolute Gasteiger partial charge is 0.338 e. The summed E-state index contributed by atoms with van der Waals surface area (Å²) in [5.74, 6) is -1.47. The first-order valence-electron chi connectivity index (χ1n) is 8.06. The Labute approximate surface area is 147 Å². The number of fused-ring (bicyclic) bond motifs is 1. The lowest BCUT2D eigenvalue weighted by atomic mass is 10.1. The standard InChI is InChI=1S/C15H21N3O8/c1-7(19)23-6-8-9-10(26-15(2,3)25-9)11(24-8)18-13(21)16(4)12(20)17(5)14(18)22/h8-11H,6H2,1-5H3/t8-,9-,10-,11-/m1/s1. The molecule has 144 valence electrons. The van der Waals surface area contributed by atoms with Crippen molar-refractivity contribution in [1.82, 2.24) is 13.7 Å². The van der Waals surface area contributed by atoms with E-state index in [1.165, 1.54) is 21.0 Å². The van der Waals surface area contributed by atoms with E-state index in [0.29, 0.717) is 0 Å².